The highest BCUT2D eigenvalue weighted by atomic mass is 16.6. The van der Waals surface area contributed by atoms with Crippen LogP contribution >= 0.6 is 0 Å². The molecule has 0 fully saturated rings. The summed E-state index contributed by atoms with van der Waals surface area (Å²) in [5.41, 5.74) is 0.677. The average molecular weight is 313 g/mol. The summed E-state index contributed by atoms with van der Waals surface area (Å²) in [5, 5.41) is 11.0. The topological polar surface area (TPSA) is 78.7 Å². The minimum atomic E-state index is -0.487. The first kappa shape index (κ1) is 16.2. The molecule has 0 aromatic heterocycles. The predicted octanol–water partition coefficient (Wildman–Crippen LogP) is 3.51. The van der Waals surface area contributed by atoms with Crippen molar-refractivity contribution in [2.75, 3.05) is 14.2 Å². The minimum absolute atomic E-state index is 0.0558. The highest BCUT2D eigenvalue weighted by molar-refractivity contribution is 6.07. The lowest BCUT2D eigenvalue weighted by Gasteiger charge is -2.06. The maximum atomic E-state index is 12.3. The maximum absolute atomic E-state index is 12.3. The zero-order valence-corrected chi connectivity index (χ0v) is 12.7. The van der Waals surface area contributed by atoms with E-state index in [4.69, 9.17) is 9.47 Å². The zero-order valence-electron chi connectivity index (χ0n) is 12.7. The van der Waals surface area contributed by atoms with E-state index in [1.165, 1.54) is 32.4 Å². The summed E-state index contributed by atoms with van der Waals surface area (Å²) in [6.07, 6.45) is 2.71. The van der Waals surface area contributed by atoms with Crippen LogP contribution < -0.4 is 9.47 Å². The Balaban J connectivity index is 2.31. The van der Waals surface area contributed by atoms with Gasteiger partial charge in [0.05, 0.1) is 24.7 Å². The van der Waals surface area contributed by atoms with Crippen molar-refractivity contribution in [2.24, 2.45) is 0 Å². The standard InChI is InChI=1S/C17H15NO5/c1-22-14-9-13(10-15(11-14)23-2)17(19)8-7-12-5-3-4-6-16(12)18(20)21/h3-11H,1-2H3/b8-7+. The number of carbonyl (C=O) groups excluding carboxylic acids is 1. The third-order valence-corrected chi connectivity index (χ3v) is 3.18. The number of methoxy groups -OCH3 is 2. The molecule has 0 amide bonds. The summed E-state index contributed by atoms with van der Waals surface area (Å²) in [7, 11) is 2.98. The second-order valence-corrected chi connectivity index (χ2v) is 4.61. The van der Waals surface area contributed by atoms with Crippen molar-refractivity contribution in [1.82, 2.24) is 0 Å². The molecule has 0 radical (unpaired) electrons. The maximum Gasteiger partial charge on any atom is 0.276 e. The van der Waals surface area contributed by atoms with Gasteiger partial charge < -0.3 is 9.47 Å². The second-order valence-electron chi connectivity index (χ2n) is 4.61. The molecule has 2 aromatic carbocycles. The Morgan fingerprint density at radius 1 is 1.09 bits per heavy atom. The van der Waals surface area contributed by atoms with Gasteiger partial charge in [-0.3, -0.25) is 14.9 Å². The van der Waals surface area contributed by atoms with Crippen molar-refractivity contribution in [1.29, 1.82) is 0 Å². The summed E-state index contributed by atoms with van der Waals surface area (Å²) in [6.45, 7) is 0. The van der Waals surface area contributed by atoms with Crippen LogP contribution in [0.15, 0.2) is 48.5 Å². The molecule has 0 aliphatic carbocycles. The first-order valence-electron chi connectivity index (χ1n) is 6.74. The summed E-state index contributed by atoms with van der Waals surface area (Å²) in [6, 6.07) is 11.0. The molecule has 0 saturated carbocycles. The number of ketones is 1. The smallest absolute Gasteiger partial charge is 0.276 e. The van der Waals surface area contributed by atoms with Gasteiger partial charge in [0, 0.05) is 17.7 Å². The zero-order chi connectivity index (χ0) is 16.8. The molecule has 0 atom stereocenters. The van der Waals surface area contributed by atoms with E-state index in [2.05, 4.69) is 0 Å². The fourth-order valence-corrected chi connectivity index (χ4v) is 2.01. The van der Waals surface area contributed by atoms with E-state index in [0.717, 1.165) is 0 Å². The SMILES string of the molecule is COc1cc(OC)cc(C(=O)/C=C/c2ccccc2[N+](=O)[O-])c1. The number of nitro groups is 1. The van der Waals surface area contributed by atoms with E-state index in [1.807, 2.05) is 0 Å². The Hall–Kier alpha value is -3.15. The molecule has 2 rings (SSSR count). The Labute approximate surface area is 133 Å². The number of rotatable bonds is 6. The number of allylic oxidation sites excluding steroid dienone is 1. The lowest BCUT2D eigenvalue weighted by Crippen LogP contribution is -1.97. The lowest BCUT2D eigenvalue weighted by molar-refractivity contribution is -0.385. The van der Waals surface area contributed by atoms with E-state index >= 15 is 0 Å². The first-order valence-corrected chi connectivity index (χ1v) is 6.74. The summed E-state index contributed by atoms with van der Waals surface area (Å²) in [5.74, 6) is 0.680. The molecule has 0 aliphatic rings. The molecule has 0 heterocycles. The molecule has 118 valence electrons. The van der Waals surface area contributed by atoms with Gasteiger partial charge in [-0.25, -0.2) is 0 Å². The van der Waals surface area contributed by atoms with Crippen LogP contribution in [0.1, 0.15) is 15.9 Å². The minimum Gasteiger partial charge on any atom is -0.497 e. The highest BCUT2D eigenvalue weighted by Crippen LogP contribution is 2.24. The number of ether oxygens (including phenoxy) is 2. The molecular weight excluding hydrogens is 298 g/mol. The fraction of sp³-hybridized carbons (Fsp3) is 0.118. The normalized spacial score (nSPS) is 10.5. The van der Waals surface area contributed by atoms with Crippen molar-refractivity contribution < 1.29 is 19.2 Å². The van der Waals surface area contributed by atoms with Crippen molar-refractivity contribution in [3.8, 4) is 11.5 Å². The van der Waals surface area contributed by atoms with E-state index in [0.29, 0.717) is 22.6 Å². The summed E-state index contributed by atoms with van der Waals surface area (Å²) >= 11 is 0. The summed E-state index contributed by atoms with van der Waals surface area (Å²) in [4.78, 5) is 22.7. The number of carbonyl (C=O) groups is 1. The molecule has 0 spiro atoms. The first-order chi connectivity index (χ1) is 11.0. The van der Waals surface area contributed by atoms with Crippen LogP contribution in [0, 0.1) is 10.1 Å². The fourth-order valence-electron chi connectivity index (χ4n) is 2.01. The van der Waals surface area contributed by atoms with E-state index in [1.54, 1.807) is 36.4 Å². The van der Waals surface area contributed by atoms with Gasteiger partial charge in [0.25, 0.3) is 5.69 Å². The molecule has 0 saturated heterocycles. The molecule has 23 heavy (non-hydrogen) atoms. The van der Waals surface area contributed by atoms with Gasteiger partial charge in [0.2, 0.25) is 0 Å². The van der Waals surface area contributed by atoms with Gasteiger partial charge in [-0.05, 0) is 30.4 Å². The Morgan fingerprint density at radius 3 is 2.26 bits per heavy atom. The van der Waals surface area contributed by atoms with Crippen molar-refractivity contribution in [3.63, 3.8) is 0 Å². The molecule has 6 heteroatoms. The third kappa shape index (κ3) is 3.94. The summed E-state index contributed by atoms with van der Waals surface area (Å²) < 4.78 is 10.2. The molecular formula is C17H15NO5. The number of hydrogen-bond donors (Lipinski definition) is 0. The monoisotopic (exact) mass is 313 g/mol. The number of nitro benzene ring substituents is 1. The van der Waals surface area contributed by atoms with Gasteiger partial charge in [0.15, 0.2) is 5.78 Å². The van der Waals surface area contributed by atoms with Crippen LogP contribution in [0.3, 0.4) is 0 Å². The van der Waals surface area contributed by atoms with Gasteiger partial charge in [-0.1, -0.05) is 12.1 Å². The largest absolute Gasteiger partial charge is 0.497 e. The quantitative estimate of drug-likeness (QED) is 0.353. The lowest BCUT2D eigenvalue weighted by atomic mass is 10.1. The van der Waals surface area contributed by atoms with Crippen LogP contribution in [-0.2, 0) is 0 Å². The molecule has 0 bridgehead atoms. The molecule has 6 nitrogen and oxygen atoms in total. The van der Waals surface area contributed by atoms with Crippen LogP contribution in [0.4, 0.5) is 5.69 Å². The molecule has 0 aliphatic heterocycles. The van der Waals surface area contributed by atoms with Crippen LogP contribution in [-0.4, -0.2) is 24.9 Å². The van der Waals surface area contributed by atoms with Gasteiger partial charge in [-0.2, -0.15) is 0 Å². The van der Waals surface area contributed by atoms with Crippen molar-refractivity contribution in [3.05, 3.63) is 69.8 Å². The van der Waals surface area contributed by atoms with Gasteiger partial charge in [-0.15, -0.1) is 0 Å². The molecule has 0 N–H and O–H groups in total. The van der Waals surface area contributed by atoms with E-state index < -0.39 is 4.92 Å². The van der Waals surface area contributed by atoms with E-state index in [-0.39, 0.29) is 11.5 Å². The van der Waals surface area contributed by atoms with Gasteiger partial charge >= 0.3 is 0 Å². The van der Waals surface area contributed by atoms with Crippen LogP contribution in [0.25, 0.3) is 6.08 Å². The Morgan fingerprint density at radius 2 is 1.70 bits per heavy atom. The highest BCUT2D eigenvalue weighted by Gasteiger charge is 2.11. The van der Waals surface area contributed by atoms with Crippen molar-refractivity contribution in [2.45, 2.75) is 0 Å². The Kier molecular flexibility index (Phi) is 5.09. The average Bonchev–Trinajstić information content (AvgIpc) is 2.59. The van der Waals surface area contributed by atoms with Crippen molar-refractivity contribution >= 4 is 17.5 Å². The Bertz CT molecular complexity index is 745. The van der Waals surface area contributed by atoms with Gasteiger partial charge in [0.1, 0.15) is 11.5 Å². The number of para-hydroxylation sites is 1. The number of nitrogens with zero attached hydrogens (tertiary/aromatic N) is 1. The second kappa shape index (κ2) is 7.22. The van der Waals surface area contributed by atoms with E-state index in [9.17, 15) is 14.9 Å². The third-order valence-electron chi connectivity index (χ3n) is 3.18. The number of benzene rings is 2. The molecule has 2 aromatic rings. The van der Waals surface area contributed by atoms with Crippen LogP contribution in [0.2, 0.25) is 0 Å². The van der Waals surface area contributed by atoms with Crippen LogP contribution in [0.5, 0.6) is 11.5 Å². The molecule has 0 unspecified atom stereocenters. The number of hydrogen-bond acceptors (Lipinski definition) is 5. The predicted molar refractivity (Wildman–Crippen MR) is 86.0 cm³/mol.